The summed E-state index contributed by atoms with van der Waals surface area (Å²) in [7, 11) is 0. The van der Waals surface area contributed by atoms with Gasteiger partial charge in [-0.25, -0.2) is 0 Å². The van der Waals surface area contributed by atoms with Gasteiger partial charge in [0.25, 0.3) is 5.91 Å². The van der Waals surface area contributed by atoms with E-state index >= 15 is 0 Å². The first-order chi connectivity index (χ1) is 20.6. The molecule has 2 N–H and O–H groups in total. The molecule has 1 atom stereocenters. The number of aromatic nitrogens is 3. The maximum Gasteiger partial charge on any atom is 0.251 e. The van der Waals surface area contributed by atoms with Crippen LogP contribution in [0.4, 0.5) is 0 Å². The van der Waals surface area contributed by atoms with Gasteiger partial charge in [0.05, 0.1) is 54.2 Å². The molecule has 4 aliphatic rings. The molecule has 1 spiro atoms. The summed E-state index contributed by atoms with van der Waals surface area (Å²) in [6.07, 6.45) is 6.01. The summed E-state index contributed by atoms with van der Waals surface area (Å²) in [6.45, 7) is 3.46. The number of nitrogens with one attached hydrogen (secondary N) is 2. The summed E-state index contributed by atoms with van der Waals surface area (Å²) in [6, 6.07) is 17.5. The van der Waals surface area contributed by atoms with E-state index in [0.717, 1.165) is 74.1 Å². The molecule has 2 aromatic heterocycles. The molecule has 1 aliphatic carbocycles. The lowest BCUT2D eigenvalue weighted by atomic mass is 9.81. The number of likely N-dealkylation sites (tertiary alicyclic amines) is 1. The Morgan fingerprint density at radius 2 is 1.93 bits per heavy atom. The van der Waals surface area contributed by atoms with Gasteiger partial charge in [0.2, 0.25) is 0 Å². The quantitative estimate of drug-likeness (QED) is 0.350. The highest BCUT2D eigenvalue weighted by atomic mass is 16.5. The van der Waals surface area contributed by atoms with Gasteiger partial charge in [-0.2, -0.15) is 5.10 Å². The van der Waals surface area contributed by atoms with Gasteiger partial charge in [-0.3, -0.25) is 24.6 Å². The molecule has 0 radical (unpaired) electrons. The number of piperidine rings is 1. The maximum atomic E-state index is 13.5. The zero-order valence-corrected chi connectivity index (χ0v) is 23.3. The summed E-state index contributed by atoms with van der Waals surface area (Å²) in [5.74, 6) is 1.04. The van der Waals surface area contributed by atoms with Crippen LogP contribution in [-0.2, 0) is 4.74 Å². The lowest BCUT2D eigenvalue weighted by Crippen LogP contribution is -2.57. The number of ketones is 1. The molecule has 3 fully saturated rings. The third-order valence-electron chi connectivity index (χ3n) is 9.42. The molecule has 214 valence electrons. The molecule has 2 saturated heterocycles. The van der Waals surface area contributed by atoms with Crippen molar-refractivity contribution < 1.29 is 19.1 Å². The summed E-state index contributed by atoms with van der Waals surface area (Å²) < 4.78 is 11.9. The van der Waals surface area contributed by atoms with Gasteiger partial charge in [0, 0.05) is 48.6 Å². The molecule has 0 bridgehead atoms. The predicted molar refractivity (Wildman–Crippen MR) is 156 cm³/mol. The summed E-state index contributed by atoms with van der Waals surface area (Å²) in [5, 5.41) is 11.7. The topological polar surface area (TPSA) is 109 Å². The van der Waals surface area contributed by atoms with E-state index in [2.05, 4.69) is 25.4 Å². The van der Waals surface area contributed by atoms with Gasteiger partial charge in [-0.05, 0) is 67.3 Å². The number of fused-ring (bicyclic) bond motifs is 2. The van der Waals surface area contributed by atoms with Crippen LogP contribution >= 0.6 is 0 Å². The van der Waals surface area contributed by atoms with E-state index in [1.165, 1.54) is 0 Å². The number of hydrogen-bond acceptors (Lipinski definition) is 7. The van der Waals surface area contributed by atoms with E-state index < -0.39 is 5.60 Å². The summed E-state index contributed by atoms with van der Waals surface area (Å²) in [5.41, 5.74) is 3.96. The van der Waals surface area contributed by atoms with Crippen LogP contribution < -0.4 is 10.1 Å². The van der Waals surface area contributed by atoms with Crippen LogP contribution in [0.2, 0.25) is 0 Å². The first-order valence-electron chi connectivity index (χ1n) is 14.9. The Balaban J connectivity index is 1.04. The Kier molecular flexibility index (Phi) is 6.12. The third kappa shape index (κ3) is 4.57. The van der Waals surface area contributed by atoms with Crippen LogP contribution in [0.15, 0.2) is 60.8 Å². The first kappa shape index (κ1) is 25.6. The molecule has 4 aromatic rings. The molecule has 5 heterocycles. The fourth-order valence-electron chi connectivity index (χ4n) is 6.67. The van der Waals surface area contributed by atoms with Crippen molar-refractivity contribution in [3.05, 3.63) is 77.6 Å². The number of rotatable bonds is 6. The zero-order valence-electron chi connectivity index (χ0n) is 23.3. The second-order valence-electron chi connectivity index (χ2n) is 12.2. The average Bonchev–Trinajstić information content (AvgIpc) is 3.74. The van der Waals surface area contributed by atoms with E-state index in [1.54, 1.807) is 6.20 Å². The third-order valence-corrected chi connectivity index (χ3v) is 9.42. The molecule has 3 aliphatic heterocycles. The van der Waals surface area contributed by atoms with Gasteiger partial charge >= 0.3 is 0 Å². The van der Waals surface area contributed by atoms with E-state index in [1.807, 2.05) is 54.6 Å². The van der Waals surface area contributed by atoms with Gasteiger partial charge in [0.1, 0.15) is 11.4 Å². The molecule has 42 heavy (non-hydrogen) atoms. The molecule has 8 rings (SSSR count). The molecule has 0 unspecified atom stereocenters. The van der Waals surface area contributed by atoms with Crippen molar-refractivity contribution in [3.63, 3.8) is 0 Å². The molecule has 2 aromatic carbocycles. The highest BCUT2D eigenvalue weighted by Gasteiger charge is 2.44. The SMILES string of the molecule is O=C(N[C@H](c1ccccn1)C1CC1)c1ccc2[nH]nc(-c3ccc4c(c3)C(=O)CC3(CCN(C5COC5)CC3)O4)c2c1. The number of ether oxygens (including phenoxy) is 2. The molecular formula is C33H33N5O4. The van der Waals surface area contributed by atoms with Crippen LogP contribution in [-0.4, -0.2) is 69.7 Å². The van der Waals surface area contributed by atoms with E-state index in [-0.39, 0.29) is 17.7 Å². The number of hydrogen-bond donors (Lipinski definition) is 2. The van der Waals surface area contributed by atoms with Crippen molar-refractivity contribution in [2.45, 2.75) is 49.8 Å². The van der Waals surface area contributed by atoms with Gasteiger partial charge in [0.15, 0.2) is 5.78 Å². The van der Waals surface area contributed by atoms with Crippen molar-refractivity contribution in [1.82, 2.24) is 25.4 Å². The first-order valence-corrected chi connectivity index (χ1v) is 14.9. The number of Topliss-reactive ketones (excluding diaryl/α,β-unsaturated/α-hetero) is 1. The van der Waals surface area contributed by atoms with E-state index in [9.17, 15) is 9.59 Å². The molecule has 1 amide bonds. The molecule has 1 saturated carbocycles. The Hall–Kier alpha value is -4.08. The molecular weight excluding hydrogens is 530 g/mol. The number of nitrogens with zero attached hydrogens (tertiary/aromatic N) is 3. The van der Waals surface area contributed by atoms with Crippen LogP contribution in [0.1, 0.15) is 64.6 Å². The number of carbonyl (C=O) groups excluding carboxylic acids is 2. The average molecular weight is 564 g/mol. The minimum atomic E-state index is -0.429. The predicted octanol–water partition coefficient (Wildman–Crippen LogP) is 4.70. The Morgan fingerprint density at radius 3 is 2.67 bits per heavy atom. The zero-order chi connectivity index (χ0) is 28.3. The standard InChI is InChI=1S/C33H33N5O4/c39-28-17-33(10-13-38(14-11-33)23-18-41-19-23)42-29-9-7-21(15-25(28)29)30-24-16-22(6-8-26(24)36-37-30)32(40)35-31(20-4-5-20)27-3-1-2-12-34-27/h1-3,6-9,12,15-16,20,23,31H,4-5,10-11,13-14,17-19H2,(H,35,40)(H,36,37)/t31-/m0/s1. The number of amides is 1. The van der Waals surface area contributed by atoms with Gasteiger partial charge < -0.3 is 14.8 Å². The monoisotopic (exact) mass is 563 g/mol. The normalized spacial score (nSPS) is 21.0. The van der Waals surface area contributed by atoms with Crippen molar-refractivity contribution in [1.29, 1.82) is 0 Å². The number of benzene rings is 2. The lowest BCUT2D eigenvalue weighted by Gasteiger charge is -2.47. The highest BCUT2D eigenvalue weighted by Crippen LogP contribution is 2.42. The van der Waals surface area contributed by atoms with Crippen molar-refractivity contribution in [2.75, 3.05) is 26.3 Å². The number of aromatic amines is 1. The second-order valence-corrected chi connectivity index (χ2v) is 12.2. The van der Waals surface area contributed by atoms with Gasteiger partial charge in [-0.1, -0.05) is 6.07 Å². The number of pyridine rings is 1. The van der Waals surface area contributed by atoms with Crippen molar-refractivity contribution >= 4 is 22.6 Å². The van der Waals surface area contributed by atoms with E-state index in [4.69, 9.17) is 9.47 Å². The summed E-state index contributed by atoms with van der Waals surface area (Å²) in [4.78, 5) is 33.8. The van der Waals surface area contributed by atoms with Crippen LogP contribution in [0, 0.1) is 5.92 Å². The number of H-pyrrole nitrogens is 1. The molecule has 9 heteroatoms. The summed E-state index contributed by atoms with van der Waals surface area (Å²) >= 11 is 0. The Bertz CT molecular complexity index is 1670. The highest BCUT2D eigenvalue weighted by molar-refractivity contribution is 6.04. The van der Waals surface area contributed by atoms with Crippen molar-refractivity contribution in [2.24, 2.45) is 5.92 Å². The number of carbonyl (C=O) groups is 2. The van der Waals surface area contributed by atoms with Crippen LogP contribution in [0.25, 0.3) is 22.2 Å². The fourth-order valence-corrected chi connectivity index (χ4v) is 6.67. The molecule has 9 nitrogen and oxygen atoms in total. The van der Waals surface area contributed by atoms with Crippen LogP contribution in [0.5, 0.6) is 5.75 Å². The Labute approximate surface area is 243 Å². The van der Waals surface area contributed by atoms with E-state index in [0.29, 0.717) is 41.0 Å². The van der Waals surface area contributed by atoms with Gasteiger partial charge in [-0.15, -0.1) is 0 Å². The maximum absolute atomic E-state index is 13.5. The lowest BCUT2D eigenvalue weighted by molar-refractivity contribution is -0.0939. The minimum absolute atomic E-state index is 0.104. The largest absolute Gasteiger partial charge is 0.486 e. The Morgan fingerprint density at radius 1 is 1.07 bits per heavy atom. The minimum Gasteiger partial charge on any atom is -0.486 e. The second kappa shape index (κ2) is 10.0. The van der Waals surface area contributed by atoms with Crippen LogP contribution in [0.3, 0.4) is 0 Å². The fraction of sp³-hybridized carbons (Fsp3) is 0.394. The smallest absolute Gasteiger partial charge is 0.251 e. The van der Waals surface area contributed by atoms with Crippen molar-refractivity contribution in [3.8, 4) is 17.0 Å².